The van der Waals surface area contributed by atoms with E-state index in [9.17, 15) is 0 Å². The topological polar surface area (TPSA) is 24.5 Å². The fourth-order valence-electron chi connectivity index (χ4n) is 2.51. The first-order valence-electron chi connectivity index (χ1n) is 7.28. The number of aryl methyl sites for hydroxylation is 2. The maximum Gasteiger partial charge on any atom is 0.119 e. The Morgan fingerprint density at radius 2 is 2.16 bits per heavy atom. The largest absolute Gasteiger partial charge is 0.494 e. The van der Waals surface area contributed by atoms with Crippen molar-refractivity contribution >= 4 is 0 Å². The first-order valence-corrected chi connectivity index (χ1v) is 7.28. The van der Waals surface area contributed by atoms with Gasteiger partial charge in [-0.15, -0.1) is 0 Å². The molecule has 0 aliphatic carbocycles. The molecular weight excluding hydrogens is 236 g/mol. The zero-order valence-electron chi connectivity index (χ0n) is 12.4. The SMILES string of the molecule is Cc1ccc(OCCCN(C)C2CCNC2)cc1C. The molecule has 1 atom stereocenters. The molecule has 1 aliphatic rings. The number of nitrogens with zero attached hydrogens (tertiary/aromatic N) is 1. The van der Waals surface area contributed by atoms with E-state index in [1.54, 1.807) is 0 Å². The lowest BCUT2D eigenvalue weighted by Crippen LogP contribution is -2.34. The molecule has 106 valence electrons. The normalized spacial score (nSPS) is 19.1. The summed E-state index contributed by atoms with van der Waals surface area (Å²) in [6.45, 7) is 8.46. The van der Waals surface area contributed by atoms with Crippen LogP contribution in [0.4, 0.5) is 0 Å². The van der Waals surface area contributed by atoms with Crippen LogP contribution in [0.1, 0.15) is 24.0 Å². The summed E-state index contributed by atoms with van der Waals surface area (Å²) in [6.07, 6.45) is 2.36. The van der Waals surface area contributed by atoms with Crippen molar-refractivity contribution in [3.8, 4) is 5.75 Å². The van der Waals surface area contributed by atoms with Crippen LogP contribution in [0.3, 0.4) is 0 Å². The highest BCUT2D eigenvalue weighted by Gasteiger charge is 2.18. The molecule has 1 aromatic carbocycles. The minimum Gasteiger partial charge on any atom is -0.494 e. The zero-order chi connectivity index (χ0) is 13.7. The quantitative estimate of drug-likeness (QED) is 0.797. The second-order valence-corrected chi connectivity index (χ2v) is 5.58. The molecule has 2 rings (SSSR count). The highest BCUT2D eigenvalue weighted by molar-refractivity contribution is 5.33. The van der Waals surface area contributed by atoms with E-state index in [0.29, 0.717) is 6.04 Å². The summed E-state index contributed by atoms with van der Waals surface area (Å²) in [5.74, 6) is 0.994. The predicted octanol–water partition coefficient (Wildman–Crippen LogP) is 2.37. The molecule has 1 heterocycles. The van der Waals surface area contributed by atoms with Crippen LogP contribution < -0.4 is 10.1 Å². The van der Waals surface area contributed by atoms with Gasteiger partial charge in [-0.3, -0.25) is 0 Å². The molecule has 0 saturated carbocycles. The summed E-state index contributed by atoms with van der Waals surface area (Å²) in [4.78, 5) is 2.45. The summed E-state index contributed by atoms with van der Waals surface area (Å²) in [6, 6.07) is 7.02. The standard InChI is InChI=1S/C16H26N2O/c1-13-5-6-16(11-14(13)2)19-10-4-9-18(3)15-7-8-17-12-15/h5-6,11,15,17H,4,7-10,12H2,1-3H3. The lowest BCUT2D eigenvalue weighted by Gasteiger charge is -2.23. The monoisotopic (exact) mass is 262 g/mol. The van der Waals surface area contributed by atoms with Crippen molar-refractivity contribution in [2.75, 3.05) is 33.3 Å². The Morgan fingerprint density at radius 3 is 2.84 bits per heavy atom. The maximum atomic E-state index is 5.81. The second kappa shape index (κ2) is 6.92. The van der Waals surface area contributed by atoms with Gasteiger partial charge in [0.15, 0.2) is 0 Å². The van der Waals surface area contributed by atoms with Gasteiger partial charge in [0.05, 0.1) is 6.61 Å². The lowest BCUT2D eigenvalue weighted by molar-refractivity contribution is 0.224. The first-order chi connectivity index (χ1) is 9.16. The van der Waals surface area contributed by atoms with E-state index >= 15 is 0 Å². The minimum atomic E-state index is 0.710. The van der Waals surface area contributed by atoms with Crippen LogP contribution in [-0.2, 0) is 0 Å². The van der Waals surface area contributed by atoms with Crippen LogP contribution in [0.2, 0.25) is 0 Å². The van der Waals surface area contributed by atoms with Gasteiger partial charge in [-0.25, -0.2) is 0 Å². The Balaban J connectivity index is 1.67. The molecule has 0 radical (unpaired) electrons. The molecule has 1 unspecified atom stereocenters. The Labute approximate surface area is 116 Å². The van der Waals surface area contributed by atoms with Crippen molar-refractivity contribution in [3.63, 3.8) is 0 Å². The van der Waals surface area contributed by atoms with E-state index in [1.165, 1.54) is 17.5 Å². The average Bonchev–Trinajstić information content (AvgIpc) is 2.92. The average molecular weight is 262 g/mol. The molecule has 0 bridgehead atoms. The Morgan fingerprint density at radius 1 is 1.32 bits per heavy atom. The van der Waals surface area contributed by atoms with E-state index < -0.39 is 0 Å². The van der Waals surface area contributed by atoms with Crippen LogP contribution >= 0.6 is 0 Å². The second-order valence-electron chi connectivity index (χ2n) is 5.58. The minimum absolute atomic E-state index is 0.710. The summed E-state index contributed by atoms with van der Waals surface area (Å²) in [5.41, 5.74) is 2.62. The van der Waals surface area contributed by atoms with Gasteiger partial charge < -0.3 is 15.0 Å². The Hall–Kier alpha value is -1.06. The van der Waals surface area contributed by atoms with Crippen molar-refractivity contribution in [1.29, 1.82) is 0 Å². The third kappa shape index (κ3) is 4.22. The first kappa shape index (κ1) is 14.4. The Kier molecular flexibility index (Phi) is 5.23. The van der Waals surface area contributed by atoms with Gasteiger partial charge in [-0.2, -0.15) is 0 Å². The number of ether oxygens (including phenoxy) is 1. The van der Waals surface area contributed by atoms with Crippen LogP contribution in [0, 0.1) is 13.8 Å². The van der Waals surface area contributed by atoms with Crippen LogP contribution in [0.25, 0.3) is 0 Å². The summed E-state index contributed by atoms with van der Waals surface area (Å²) < 4.78 is 5.81. The number of hydrogen-bond acceptors (Lipinski definition) is 3. The summed E-state index contributed by atoms with van der Waals surface area (Å²) in [7, 11) is 2.22. The van der Waals surface area contributed by atoms with Gasteiger partial charge in [0.25, 0.3) is 0 Å². The maximum absolute atomic E-state index is 5.81. The van der Waals surface area contributed by atoms with Gasteiger partial charge in [0.1, 0.15) is 5.75 Å². The van der Waals surface area contributed by atoms with E-state index in [0.717, 1.165) is 38.4 Å². The molecule has 19 heavy (non-hydrogen) atoms. The summed E-state index contributed by atoms with van der Waals surface area (Å²) in [5, 5.41) is 3.41. The fourth-order valence-corrected chi connectivity index (χ4v) is 2.51. The van der Waals surface area contributed by atoms with E-state index in [2.05, 4.69) is 49.3 Å². The smallest absolute Gasteiger partial charge is 0.119 e. The molecule has 1 aromatic rings. The Bertz CT molecular complexity index is 400. The van der Waals surface area contributed by atoms with Gasteiger partial charge in [0, 0.05) is 19.1 Å². The van der Waals surface area contributed by atoms with Crippen molar-refractivity contribution in [2.24, 2.45) is 0 Å². The molecule has 1 fully saturated rings. The van der Waals surface area contributed by atoms with Crippen LogP contribution in [-0.4, -0.2) is 44.2 Å². The third-order valence-corrected chi connectivity index (χ3v) is 4.06. The lowest BCUT2D eigenvalue weighted by atomic mass is 10.1. The predicted molar refractivity (Wildman–Crippen MR) is 79.9 cm³/mol. The van der Waals surface area contributed by atoms with E-state index in [-0.39, 0.29) is 0 Å². The molecule has 3 nitrogen and oxygen atoms in total. The molecule has 1 aliphatic heterocycles. The molecule has 0 amide bonds. The number of hydrogen-bond donors (Lipinski definition) is 1. The van der Waals surface area contributed by atoms with Gasteiger partial charge in [-0.05, 0) is 63.5 Å². The number of likely N-dealkylation sites (N-methyl/N-ethyl adjacent to an activating group) is 1. The zero-order valence-corrected chi connectivity index (χ0v) is 12.4. The van der Waals surface area contributed by atoms with Crippen LogP contribution in [0.15, 0.2) is 18.2 Å². The number of nitrogens with one attached hydrogen (secondary N) is 1. The van der Waals surface area contributed by atoms with E-state index in [1.807, 2.05) is 0 Å². The molecule has 3 heteroatoms. The number of rotatable bonds is 6. The van der Waals surface area contributed by atoms with E-state index in [4.69, 9.17) is 4.74 Å². The van der Waals surface area contributed by atoms with Crippen molar-refractivity contribution in [3.05, 3.63) is 29.3 Å². The van der Waals surface area contributed by atoms with Gasteiger partial charge in [0.2, 0.25) is 0 Å². The highest BCUT2D eigenvalue weighted by atomic mass is 16.5. The number of benzene rings is 1. The molecular formula is C16H26N2O. The van der Waals surface area contributed by atoms with Crippen molar-refractivity contribution < 1.29 is 4.74 Å². The fraction of sp³-hybridized carbons (Fsp3) is 0.625. The third-order valence-electron chi connectivity index (χ3n) is 4.06. The molecule has 0 spiro atoms. The summed E-state index contributed by atoms with van der Waals surface area (Å²) >= 11 is 0. The van der Waals surface area contributed by atoms with Gasteiger partial charge >= 0.3 is 0 Å². The van der Waals surface area contributed by atoms with Gasteiger partial charge in [-0.1, -0.05) is 6.07 Å². The molecule has 0 aromatic heterocycles. The van der Waals surface area contributed by atoms with Crippen molar-refractivity contribution in [1.82, 2.24) is 10.2 Å². The molecule has 1 N–H and O–H groups in total. The van der Waals surface area contributed by atoms with Crippen molar-refractivity contribution in [2.45, 2.75) is 32.7 Å². The highest BCUT2D eigenvalue weighted by Crippen LogP contribution is 2.16. The van der Waals surface area contributed by atoms with Crippen LogP contribution in [0.5, 0.6) is 5.75 Å². The molecule has 1 saturated heterocycles.